The van der Waals surface area contributed by atoms with Gasteiger partial charge in [0.15, 0.2) is 11.5 Å². The fraction of sp³-hybridized carbons (Fsp3) is 0.381. The van der Waals surface area contributed by atoms with E-state index in [-0.39, 0.29) is 18.1 Å². The van der Waals surface area contributed by atoms with E-state index >= 15 is 0 Å². The summed E-state index contributed by atoms with van der Waals surface area (Å²) in [7, 11) is 3.20. The van der Waals surface area contributed by atoms with E-state index in [0.717, 1.165) is 17.7 Å². The van der Waals surface area contributed by atoms with Crippen molar-refractivity contribution in [3.63, 3.8) is 0 Å². The molecule has 2 rings (SSSR count). The van der Waals surface area contributed by atoms with Gasteiger partial charge in [-0.2, -0.15) is 0 Å². The molecule has 2 aromatic rings. The molecule has 140 valence electrons. The van der Waals surface area contributed by atoms with E-state index in [1.165, 1.54) is 0 Å². The minimum atomic E-state index is -0.122. The number of amides is 1. The fourth-order valence-corrected chi connectivity index (χ4v) is 2.69. The second-order valence-corrected chi connectivity index (χ2v) is 6.24. The summed E-state index contributed by atoms with van der Waals surface area (Å²) in [6.07, 6.45) is 0.861. The highest BCUT2D eigenvalue weighted by Gasteiger charge is 2.16. The average Bonchev–Trinajstić information content (AvgIpc) is 2.65. The van der Waals surface area contributed by atoms with Crippen molar-refractivity contribution < 1.29 is 19.0 Å². The van der Waals surface area contributed by atoms with Crippen LogP contribution in [0.4, 0.5) is 0 Å². The third-order valence-corrected chi connectivity index (χ3v) is 4.01. The van der Waals surface area contributed by atoms with Crippen LogP contribution >= 0.6 is 0 Å². The molecule has 0 unspecified atom stereocenters. The van der Waals surface area contributed by atoms with Crippen molar-refractivity contribution in [2.45, 2.75) is 39.3 Å². The number of hydrogen-bond donors (Lipinski definition) is 1. The maximum atomic E-state index is 12.6. The molecule has 0 aliphatic rings. The molecule has 0 spiro atoms. The Morgan fingerprint density at radius 1 is 1.00 bits per heavy atom. The van der Waals surface area contributed by atoms with Crippen LogP contribution in [-0.2, 0) is 0 Å². The number of carbonyl (C=O) groups is 1. The number of rotatable bonds is 8. The molecular formula is C21H27NO4. The highest BCUT2D eigenvalue weighted by Crippen LogP contribution is 2.31. The quantitative estimate of drug-likeness (QED) is 0.762. The zero-order valence-electron chi connectivity index (χ0n) is 16.0. The highest BCUT2D eigenvalue weighted by molar-refractivity contribution is 5.94. The molecule has 0 aliphatic carbocycles. The summed E-state index contributed by atoms with van der Waals surface area (Å²) in [5.41, 5.74) is 1.57. The molecule has 0 heterocycles. The highest BCUT2D eigenvalue weighted by atomic mass is 16.5. The summed E-state index contributed by atoms with van der Waals surface area (Å²) in [6, 6.07) is 12.7. The van der Waals surface area contributed by atoms with E-state index in [0.29, 0.717) is 17.1 Å². The van der Waals surface area contributed by atoms with Crippen LogP contribution in [-0.4, -0.2) is 26.2 Å². The summed E-state index contributed by atoms with van der Waals surface area (Å²) in [6.45, 7) is 5.96. The molecule has 1 N–H and O–H groups in total. The molecule has 2 aromatic carbocycles. The molecule has 0 fully saturated rings. The minimum Gasteiger partial charge on any atom is -0.493 e. The summed E-state index contributed by atoms with van der Waals surface area (Å²) in [5, 5.41) is 3.07. The van der Waals surface area contributed by atoms with Crippen molar-refractivity contribution >= 4 is 5.91 Å². The van der Waals surface area contributed by atoms with E-state index in [4.69, 9.17) is 14.2 Å². The van der Waals surface area contributed by atoms with Gasteiger partial charge < -0.3 is 19.5 Å². The molecule has 1 amide bonds. The van der Waals surface area contributed by atoms with Crippen LogP contribution in [0.2, 0.25) is 0 Å². The SMILES string of the molecule is CC[C@H](NC(=O)c1ccc(OC(C)C)cc1)c1ccc(OC)c(OC)c1. The van der Waals surface area contributed by atoms with Crippen LogP contribution in [0.3, 0.4) is 0 Å². The number of nitrogens with one attached hydrogen (secondary N) is 1. The van der Waals surface area contributed by atoms with Crippen LogP contribution in [0.5, 0.6) is 17.2 Å². The first kappa shape index (κ1) is 19.6. The predicted molar refractivity (Wildman–Crippen MR) is 102 cm³/mol. The molecule has 0 aliphatic heterocycles. The van der Waals surface area contributed by atoms with E-state index in [9.17, 15) is 4.79 Å². The average molecular weight is 357 g/mol. The molecule has 0 bridgehead atoms. The Kier molecular flexibility index (Phi) is 6.89. The van der Waals surface area contributed by atoms with Gasteiger partial charge in [0.05, 0.1) is 26.4 Å². The van der Waals surface area contributed by atoms with Gasteiger partial charge in [0.1, 0.15) is 5.75 Å². The Labute approximate surface area is 155 Å². The summed E-state index contributed by atoms with van der Waals surface area (Å²) >= 11 is 0. The van der Waals surface area contributed by atoms with Gasteiger partial charge in [-0.3, -0.25) is 4.79 Å². The zero-order valence-corrected chi connectivity index (χ0v) is 16.0. The maximum Gasteiger partial charge on any atom is 0.251 e. The number of carbonyl (C=O) groups excluding carboxylic acids is 1. The molecule has 0 saturated carbocycles. The number of methoxy groups -OCH3 is 2. The zero-order chi connectivity index (χ0) is 19.1. The topological polar surface area (TPSA) is 56.8 Å². The van der Waals surface area contributed by atoms with Crippen LogP contribution in [0.25, 0.3) is 0 Å². The Balaban J connectivity index is 2.13. The van der Waals surface area contributed by atoms with Gasteiger partial charge in [-0.1, -0.05) is 13.0 Å². The number of benzene rings is 2. The van der Waals surface area contributed by atoms with Crippen molar-refractivity contribution in [3.05, 3.63) is 53.6 Å². The van der Waals surface area contributed by atoms with Crippen LogP contribution in [0, 0.1) is 0 Å². The number of ether oxygens (including phenoxy) is 3. The van der Waals surface area contributed by atoms with Gasteiger partial charge in [0.25, 0.3) is 5.91 Å². The van der Waals surface area contributed by atoms with Gasteiger partial charge >= 0.3 is 0 Å². The molecule has 0 saturated heterocycles. The lowest BCUT2D eigenvalue weighted by atomic mass is 10.0. The standard InChI is InChI=1S/C21H27NO4/c1-6-18(16-9-12-19(24-4)20(13-16)25-5)22-21(23)15-7-10-17(11-8-15)26-14(2)3/h7-14,18H,6H2,1-5H3,(H,22,23)/t18-/m0/s1. The van der Waals surface area contributed by atoms with Gasteiger partial charge in [-0.15, -0.1) is 0 Å². The first-order valence-corrected chi connectivity index (χ1v) is 8.78. The van der Waals surface area contributed by atoms with Crippen LogP contribution < -0.4 is 19.5 Å². The fourth-order valence-electron chi connectivity index (χ4n) is 2.69. The smallest absolute Gasteiger partial charge is 0.251 e. The van der Waals surface area contributed by atoms with E-state index < -0.39 is 0 Å². The number of hydrogen-bond acceptors (Lipinski definition) is 4. The molecule has 0 radical (unpaired) electrons. The van der Waals surface area contributed by atoms with E-state index in [1.54, 1.807) is 26.4 Å². The minimum absolute atomic E-state index is 0.101. The molecule has 1 atom stereocenters. The summed E-state index contributed by atoms with van der Waals surface area (Å²) in [5.74, 6) is 1.94. The molecule has 5 nitrogen and oxygen atoms in total. The van der Waals surface area contributed by atoms with E-state index in [2.05, 4.69) is 5.32 Å². The lowest BCUT2D eigenvalue weighted by Gasteiger charge is -2.19. The van der Waals surface area contributed by atoms with Crippen molar-refractivity contribution in [1.82, 2.24) is 5.32 Å². The second kappa shape index (κ2) is 9.13. The van der Waals surface area contributed by atoms with Gasteiger partial charge in [0.2, 0.25) is 0 Å². The Morgan fingerprint density at radius 3 is 2.19 bits per heavy atom. The monoisotopic (exact) mass is 357 g/mol. The van der Waals surface area contributed by atoms with Crippen molar-refractivity contribution in [2.24, 2.45) is 0 Å². The third kappa shape index (κ3) is 4.91. The second-order valence-electron chi connectivity index (χ2n) is 6.24. The van der Waals surface area contributed by atoms with Crippen LogP contribution in [0.15, 0.2) is 42.5 Å². The molecule has 26 heavy (non-hydrogen) atoms. The van der Waals surface area contributed by atoms with Gasteiger partial charge in [0, 0.05) is 5.56 Å². The molecular weight excluding hydrogens is 330 g/mol. The van der Waals surface area contributed by atoms with Crippen LogP contribution in [0.1, 0.15) is 49.2 Å². The Morgan fingerprint density at radius 2 is 1.65 bits per heavy atom. The van der Waals surface area contributed by atoms with Crippen molar-refractivity contribution in [2.75, 3.05) is 14.2 Å². The van der Waals surface area contributed by atoms with Gasteiger partial charge in [-0.25, -0.2) is 0 Å². The van der Waals surface area contributed by atoms with E-state index in [1.807, 2.05) is 51.1 Å². The first-order chi connectivity index (χ1) is 12.5. The summed E-state index contributed by atoms with van der Waals surface area (Å²) < 4.78 is 16.2. The van der Waals surface area contributed by atoms with Crippen molar-refractivity contribution in [1.29, 1.82) is 0 Å². The van der Waals surface area contributed by atoms with Crippen molar-refractivity contribution in [3.8, 4) is 17.2 Å². The maximum absolute atomic E-state index is 12.6. The lowest BCUT2D eigenvalue weighted by Crippen LogP contribution is -2.28. The normalized spacial score (nSPS) is 11.8. The Bertz CT molecular complexity index is 725. The molecule has 0 aromatic heterocycles. The largest absolute Gasteiger partial charge is 0.493 e. The predicted octanol–water partition coefficient (Wildman–Crippen LogP) is 4.37. The molecule has 5 heteroatoms. The van der Waals surface area contributed by atoms with Gasteiger partial charge in [-0.05, 0) is 62.2 Å². The third-order valence-electron chi connectivity index (χ3n) is 4.01. The summed E-state index contributed by atoms with van der Waals surface area (Å²) in [4.78, 5) is 12.6. The lowest BCUT2D eigenvalue weighted by molar-refractivity contribution is 0.0935. The first-order valence-electron chi connectivity index (χ1n) is 8.78. The Hall–Kier alpha value is -2.69.